The van der Waals surface area contributed by atoms with Crippen LogP contribution in [0, 0.1) is 0 Å². The first kappa shape index (κ1) is 15.5. The zero-order valence-electron chi connectivity index (χ0n) is 10.9. The molecule has 0 saturated heterocycles. The Kier molecular flexibility index (Phi) is 5.55. The monoisotopic (exact) mass is 329 g/mol. The largest absolute Gasteiger partial charge is 0.494 e. The molecule has 0 fully saturated rings. The standard InChI is InChI=1S/C15H14Cl3NO/c1-20-15-13(17)6-10(7-14(15)18)8-19-9-11-4-2-3-5-12(11)16/h2-7,19H,8-9H2,1H3. The Morgan fingerprint density at radius 2 is 1.60 bits per heavy atom. The zero-order chi connectivity index (χ0) is 14.5. The number of rotatable bonds is 5. The number of hydrogen-bond acceptors (Lipinski definition) is 2. The van der Waals surface area contributed by atoms with Gasteiger partial charge in [-0.2, -0.15) is 0 Å². The van der Waals surface area contributed by atoms with Crippen molar-refractivity contribution in [1.29, 1.82) is 0 Å². The van der Waals surface area contributed by atoms with E-state index in [1.54, 1.807) is 7.11 Å². The van der Waals surface area contributed by atoms with Gasteiger partial charge in [-0.25, -0.2) is 0 Å². The molecule has 2 aromatic rings. The molecule has 20 heavy (non-hydrogen) atoms. The van der Waals surface area contributed by atoms with E-state index in [0.29, 0.717) is 28.9 Å². The quantitative estimate of drug-likeness (QED) is 0.838. The Morgan fingerprint density at radius 3 is 2.20 bits per heavy atom. The van der Waals surface area contributed by atoms with E-state index >= 15 is 0 Å². The Labute approximate surface area is 133 Å². The maximum absolute atomic E-state index is 6.10. The summed E-state index contributed by atoms with van der Waals surface area (Å²) in [6.45, 7) is 1.33. The summed E-state index contributed by atoms with van der Waals surface area (Å²) in [5, 5.41) is 5.08. The van der Waals surface area contributed by atoms with Gasteiger partial charge in [0.1, 0.15) is 0 Å². The summed E-state index contributed by atoms with van der Waals surface area (Å²) in [5.74, 6) is 0.503. The highest BCUT2D eigenvalue weighted by Crippen LogP contribution is 2.33. The summed E-state index contributed by atoms with van der Waals surface area (Å²) >= 11 is 18.3. The fraction of sp³-hybridized carbons (Fsp3) is 0.200. The molecule has 0 amide bonds. The first-order valence-electron chi connectivity index (χ1n) is 6.08. The number of nitrogens with one attached hydrogen (secondary N) is 1. The summed E-state index contributed by atoms with van der Waals surface area (Å²) in [5.41, 5.74) is 2.05. The highest BCUT2D eigenvalue weighted by molar-refractivity contribution is 6.37. The summed E-state index contributed by atoms with van der Waals surface area (Å²) in [4.78, 5) is 0. The van der Waals surface area contributed by atoms with E-state index in [4.69, 9.17) is 39.5 Å². The first-order chi connectivity index (χ1) is 9.61. The van der Waals surface area contributed by atoms with E-state index in [9.17, 15) is 0 Å². The van der Waals surface area contributed by atoms with E-state index in [1.807, 2.05) is 36.4 Å². The van der Waals surface area contributed by atoms with Crippen molar-refractivity contribution in [2.75, 3.05) is 7.11 Å². The highest BCUT2D eigenvalue weighted by Gasteiger charge is 2.08. The topological polar surface area (TPSA) is 21.3 Å². The average molecular weight is 331 g/mol. The SMILES string of the molecule is COc1c(Cl)cc(CNCc2ccccc2Cl)cc1Cl. The molecule has 2 aromatic carbocycles. The minimum absolute atomic E-state index is 0.503. The second-order valence-electron chi connectivity index (χ2n) is 4.29. The lowest BCUT2D eigenvalue weighted by molar-refractivity contribution is 0.415. The third kappa shape index (κ3) is 3.80. The highest BCUT2D eigenvalue weighted by atomic mass is 35.5. The summed E-state index contributed by atoms with van der Waals surface area (Å²) < 4.78 is 5.12. The normalized spacial score (nSPS) is 10.6. The third-order valence-electron chi connectivity index (χ3n) is 2.86. The molecular formula is C15H14Cl3NO. The van der Waals surface area contributed by atoms with Crippen LogP contribution in [0.25, 0.3) is 0 Å². The Hall–Kier alpha value is -0.930. The predicted molar refractivity (Wildman–Crippen MR) is 85.0 cm³/mol. The minimum Gasteiger partial charge on any atom is -0.494 e. The molecule has 5 heteroatoms. The van der Waals surface area contributed by atoms with Crippen LogP contribution in [0.2, 0.25) is 15.1 Å². The van der Waals surface area contributed by atoms with Crippen LogP contribution in [0.3, 0.4) is 0 Å². The molecule has 1 N–H and O–H groups in total. The second-order valence-corrected chi connectivity index (χ2v) is 5.51. The number of halogens is 3. The second kappa shape index (κ2) is 7.19. The van der Waals surface area contributed by atoms with Crippen molar-refractivity contribution in [2.24, 2.45) is 0 Å². The minimum atomic E-state index is 0.503. The number of ether oxygens (including phenoxy) is 1. The molecule has 0 aromatic heterocycles. The number of hydrogen-bond donors (Lipinski definition) is 1. The number of benzene rings is 2. The van der Waals surface area contributed by atoms with Crippen molar-refractivity contribution < 1.29 is 4.74 Å². The third-order valence-corrected chi connectivity index (χ3v) is 3.79. The van der Waals surface area contributed by atoms with Crippen LogP contribution in [0.1, 0.15) is 11.1 Å². The van der Waals surface area contributed by atoms with Crippen molar-refractivity contribution in [2.45, 2.75) is 13.1 Å². The van der Waals surface area contributed by atoms with Crippen LogP contribution in [0.15, 0.2) is 36.4 Å². The van der Waals surface area contributed by atoms with Gasteiger partial charge in [-0.05, 0) is 29.3 Å². The van der Waals surface area contributed by atoms with Crippen LogP contribution < -0.4 is 10.1 Å². The molecule has 0 spiro atoms. The molecule has 2 rings (SSSR count). The van der Waals surface area contributed by atoms with Gasteiger partial charge in [-0.3, -0.25) is 0 Å². The lowest BCUT2D eigenvalue weighted by atomic mass is 10.2. The molecule has 0 radical (unpaired) electrons. The van der Waals surface area contributed by atoms with Crippen molar-refractivity contribution in [3.05, 3.63) is 62.6 Å². The van der Waals surface area contributed by atoms with Gasteiger partial charge >= 0.3 is 0 Å². The molecule has 106 valence electrons. The average Bonchev–Trinajstić information content (AvgIpc) is 2.41. The van der Waals surface area contributed by atoms with Crippen LogP contribution in [0.5, 0.6) is 5.75 Å². The van der Waals surface area contributed by atoms with Crippen LogP contribution in [-0.2, 0) is 13.1 Å². The molecule has 0 aliphatic carbocycles. The summed E-state index contributed by atoms with van der Waals surface area (Å²) in [6.07, 6.45) is 0. The van der Waals surface area contributed by atoms with Crippen molar-refractivity contribution >= 4 is 34.8 Å². The fourth-order valence-electron chi connectivity index (χ4n) is 1.89. The molecular weight excluding hydrogens is 317 g/mol. The lowest BCUT2D eigenvalue weighted by Crippen LogP contribution is -2.13. The van der Waals surface area contributed by atoms with Gasteiger partial charge in [-0.1, -0.05) is 53.0 Å². The zero-order valence-corrected chi connectivity index (χ0v) is 13.2. The van der Waals surface area contributed by atoms with Gasteiger partial charge in [0.25, 0.3) is 0 Å². The molecule has 0 unspecified atom stereocenters. The Balaban J connectivity index is 2.00. The maximum Gasteiger partial charge on any atom is 0.156 e. The molecule has 0 saturated carbocycles. The molecule has 0 bridgehead atoms. The van der Waals surface area contributed by atoms with Crippen molar-refractivity contribution in [3.63, 3.8) is 0 Å². The fourth-order valence-corrected chi connectivity index (χ4v) is 2.78. The van der Waals surface area contributed by atoms with Gasteiger partial charge < -0.3 is 10.1 Å². The van der Waals surface area contributed by atoms with Gasteiger partial charge in [0, 0.05) is 18.1 Å². The van der Waals surface area contributed by atoms with Crippen molar-refractivity contribution in [1.82, 2.24) is 5.32 Å². The van der Waals surface area contributed by atoms with Crippen LogP contribution >= 0.6 is 34.8 Å². The van der Waals surface area contributed by atoms with Crippen LogP contribution in [0.4, 0.5) is 0 Å². The molecule has 2 nitrogen and oxygen atoms in total. The van der Waals surface area contributed by atoms with E-state index in [0.717, 1.165) is 16.1 Å². The Morgan fingerprint density at radius 1 is 0.950 bits per heavy atom. The first-order valence-corrected chi connectivity index (χ1v) is 7.21. The molecule has 0 atom stereocenters. The van der Waals surface area contributed by atoms with Crippen molar-refractivity contribution in [3.8, 4) is 5.75 Å². The van der Waals surface area contributed by atoms with Gasteiger partial charge in [0.05, 0.1) is 17.2 Å². The molecule has 0 aliphatic rings. The predicted octanol–water partition coefficient (Wildman–Crippen LogP) is 4.95. The maximum atomic E-state index is 6.10. The van der Waals surface area contributed by atoms with E-state index < -0.39 is 0 Å². The number of methoxy groups -OCH3 is 1. The smallest absolute Gasteiger partial charge is 0.156 e. The lowest BCUT2D eigenvalue weighted by Gasteiger charge is -2.10. The van der Waals surface area contributed by atoms with Gasteiger partial charge in [0.2, 0.25) is 0 Å². The Bertz CT molecular complexity index is 578. The van der Waals surface area contributed by atoms with E-state index in [2.05, 4.69) is 5.32 Å². The molecule has 0 aliphatic heterocycles. The van der Waals surface area contributed by atoms with Crippen LogP contribution in [-0.4, -0.2) is 7.11 Å². The summed E-state index contributed by atoms with van der Waals surface area (Å²) in [6, 6.07) is 11.4. The van der Waals surface area contributed by atoms with Gasteiger partial charge in [0.15, 0.2) is 5.75 Å². The van der Waals surface area contributed by atoms with E-state index in [-0.39, 0.29) is 0 Å². The van der Waals surface area contributed by atoms with E-state index in [1.165, 1.54) is 0 Å². The summed E-state index contributed by atoms with van der Waals surface area (Å²) in [7, 11) is 1.54. The molecule has 0 heterocycles. The van der Waals surface area contributed by atoms with Gasteiger partial charge in [-0.15, -0.1) is 0 Å².